The van der Waals surface area contributed by atoms with Crippen LogP contribution in [0.2, 0.25) is 0 Å². The van der Waals surface area contributed by atoms with Crippen LogP contribution in [0.5, 0.6) is 5.75 Å². The molecule has 1 aromatic heterocycles. The maximum atomic E-state index is 11.9. The Morgan fingerprint density at radius 1 is 1.24 bits per heavy atom. The third-order valence-electron chi connectivity index (χ3n) is 3.78. The van der Waals surface area contributed by atoms with Gasteiger partial charge in [0.15, 0.2) is 5.75 Å². The highest BCUT2D eigenvalue weighted by Gasteiger charge is 2.27. The van der Waals surface area contributed by atoms with E-state index >= 15 is 0 Å². The first-order valence-corrected chi connectivity index (χ1v) is 7.23. The molecule has 0 unspecified atom stereocenters. The van der Waals surface area contributed by atoms with Gasteiger partial charge < -0.3 is 19.9 Å². The number of aliphatic hydroxyl groups excluding tert-OH is 2. The lowest BCUT2D eigenvalue weighted by atomic mass is 10.0. The molecule has 6 heteroatoms. The van der Waals surface area contributed by atoms with Gasteiger partial charge in [-0.2, -0.15) is 0 Å². The second-order valence-electron chi connectivity index (χ2n) is 5.72. The lowest BCUT2D eigenvalue weighted by Crippen LogP contribution is -2.38. The first kappa shape index (κ1) is 17.7. The summed E-state index contributed by atoms with van der Waals surface area (Å²) in [5, 5.41) is 29.3. The Kier molecular flexibility index (Phi) is 5.95. The first-order chi connectivity index (χ1) is 9.82. The van der Waals surface area contributed by atoms with Gasteiger partial charge in [0.25, 0.3) is 0 Å². The molecule has 1 rings (SSSR count). The fourth-order valence-electron chi connectivity index (χ4n) is 2.45. The summed E-state index contributed by atoms with van der Waals surface area (Å²) in [7, 11) is 0. The highest BCUT2D eigenvalue weighted by atomic mass is 16.3. The fraction of sp³-hybridized carbons (Fsp3) is 0.667. The number of hydrogen-bond acceptors (Lipinski definition) is 5. The molecule has 0 aliphatic rings. The third-order valence-corrected chi connectivity index (χ3v) is 3.78. The number of aromatic nitrogens is 1. The number of rotatable bonds is 7. The van der Waals surface area contributed by atoms with Crippen LogP contribution in [0.3, 0.4) is 0 Å². The van der Waals surface area contributed by atoms with Crippen molar-refractivity contribution in [2.24, 2.45) is 0 Å². The van der Waals surface area contributed by atoms with Crippen molar-refractivity contribution in [2.75, 3.05) is 19.7 Å². The van der Waals surface area contributed by atoms with Crippen LogP contribution < -0.4 is 5.43 Å². The minimum absolute atomic E-state index is 0.173. The summed E-state index contributed by atoms with van der Waals surface area (Å²) in [5.74, 6) is -0.319. The molecule has 0 spiro atoms. The van der Waals surface area contributed by atoms with Crippen LogP contribution in [-0.4, -0.2) is 44.5 Å². The normalized spacial score (nSPS) is 12.1. The van der Waals surface area contributed by atoms with Gasteiger partial charge in [-0.05, 0) is 26.9 Å². The Morgan fingerprint density at radius 3 is 2.24 bits per heavy atom. The average molecular weight is 298 g/mol. The van der Waals surface area contributed by atoms with E-state index in [9.17, 15) is 20.1 Å². The van der Waals surface area contributed by atoms with Crippen molar-refractivity contribution in [2.45, 2.75) is 46.4 Å². The molecule has 0 aliphatic heterocycles. The Hall–Kier alpha value is -1.37. The van der Waals surface area contributed by atoms with Crippen molar-refractivity contribution in [3.63, 3.8) is 0 Å². The fourth-order valence-corrected chi connectivity index (χ4v) is 2.45. The van der Waals surface area contributed by atoms with Gasteiger partial charge in [-0.3, -0.25) is 9.69 Å². The molecular weight excluding hydrogens is 272 g/mol. The van der Waals surface area contributed by atoms with Crippen LogP contribution in [0.1, 0.15) is 39.1 Å². The molecule has 1 heterocycles. The average Bonchev–Trinajstić information content (AvgIpc) is 2.47. The van der Waals surface area contributed by atoms with Gasteiger partial charge in [0.2, 0.25) is 5.43 Å². The second kappa shape index (κ2) is 7.06. The van der Waals surface area contributed by atoms with E-state index in [0.29, 0.717) is 17.9 Å². The van der Waals surface area contributed by atoms with Crippen LogP contribution in [0.4, 0.5) is 0 Å². The predicted octanol–water partition coefficient (Wildman–Crippen LogP) is 0.615. The largest absolute Gasteiger partial charge is 0.503 e. The first-order valence-electron chi connectivity index (χ1n) is 7.23. The Morgan fingerprint density at radius 2 is 1.81 bits per heavy atom. The number of aliphatic hydroxyl groups is 2. The van der Waals surface area contributed by atoms with E-state index in [1.165, 1.54) is 6.07 Å². The van der Waals surface area contributed by atoms with E-state index in [1.54, 1.807) is 18.4 Å². The summed E-state index contributed by atoms with van der Waals surface area (Å²) < 4.78 is 1.67. The SMILES string of the molecule is CCN(CC)Cc1c(O)c(=O)cc(CO)n1C(C)(C)CO. The van der Waals surface area contributed by atoms with Gasteiger partial charge in [-0.1, -0.05) is 13.8 Å². The standard InChI is InChI=1S/C15H26N2O4/c1-5-16(6-2)8-12-14(21)13(20)7-11(9-18)17(12)15(3,4)10-19/h7,18-19,21H,5-6,8-10H2,1-4H3. The molecule has 0 bridgehead atoms. The summed E-state index contributed by atoms with van der Waals surface area (Å²) in [5.41, 5.74) is -0.425. The maximum absolute atomic E-state index is 11.9. The monoisotopic (exact) mass is 298 g/mol. The van der Waals surface area contributed by atoms with Gasteiger partial charge in [-0.15, -0.1) is 0 Å². The smallest absolute Gasteiger partial charge is 0.223 e. The number of nitrogens with zero attached hydrogens (tertiary/aromatic N) is 2. The number of aromatic hydroxyl groups is 1. The second-order valence-corrected chi connectivity index (χ2v) is 5.72. The quantitative estimate of drug-likeness (QED) is 0.687. The summed E-state index contributed by atoms with van der Waals surface area (Å²) >= 11 is 0. The van der Waals surface area contributed by atoms with E-state index in [1.807, 2.05) is 13.8 Å². The number of pyridine rings is 1. The lowest BCUT2D eigenvalue weighted by molar-refractivity contribution is 0.143. The number of hydrogen-bond donors (Lipinski definition) is 3. The molecule has 1 aromatic rings. The molecule has 0 radical (unpaired) electrons. The Bertz CT molecular complexity index is 533. The van der Waals surface area contributed by atoms with Crippen LogP contribution >= 0.6 is 0 Å². The van der Waals surface area contributed by atoms with Crippen molar-refractivity contribution in [3.8, 4) is 5.75 Å². The highest BCUT2D eigenvalue weighted by Crippen LogP contribution is 2.25. The van der Waals surface area contributed by atoms with Gasteiger partial charge in [0.05, 0.1) is 24.4 Å². The molecule has 0 amide bonds. The minimum atomic E-state index is -0.730. The van der Waals surface area contributed by atoms with E-state index in [2.05, 4.69) is 4.90 Å². The molecule has 0 saturated heterocycles. The summed E-state index contributed by atoms with van der Waals surface area (Å²) in [6, 6.07) is 1.22. The van der Waals surface area contributed by atoms with E-state index < -0.39 is 11.0 Å². The van der Waals surface area contributed by atoms with Crippen molar-refractivity contribution in [3.05, 3.63) is 27.7 Å². The Labute approximate surface area is 125 Å². The summed E-state index contributed by atoms with van der Waals surface area (Å²) in [6.45, 7) is 9.00. The molecule has 0 atom stereocenters. The van der Waals surface area contributed by atoms with Crippen LogP contribution in [0, 0.1) is 0 Å². The highest BCUT2D eigenvalue weighted by molar-refractivity contribution is 5.31. The van der Waals surface area contributed by atoms with Crippen LogP contribution in [0.25, 0.3) is 0 Å². The zero-order valence-corrected chi connectivity index (χ0v) is 13.3. The molecule has 21 heavy (non-hydrogen) atoms. The topological polar surface area (TPSA) is 85.9 Å². The zero-order chi connectivity index (χ0) is 16.2. The van der Waals surface area contributed by atoms with Gasteiger partial charge in [0.1, 0.15) is 0 Å². The lowest BCUT2D eigenvalue weighted by Gasteiger charge is -2.33. The molecule has 6 nitrogen and oxygen atoms in total. The van der Waals surface area contributed by atoms with Gasteiger partial charge >= 0.3 is 0 Å². The minimum Gasteiger partial charge on any atom is -0.503 e. The van der Waals surface area contributed by atoms with Crippen molar-refractivity contribution in [1.82, 2.24) is 9.47 Å². The van der Waals surface area contributed by atoms with E-state index in [0.717, 1.165) is 13.1 Å². The van der Waals surface area contributed by atoms with E-state index in [4.69, 9.17) is 0 Å². The maximum Gasteiger partial charge on any atom is 0.223 e. The molecule has 0 fully saturated rings. The van der Waals surface area contributed by atoms with Crippen LogP contribution in [-0.2, 0) is 18.7 Å². The molecule has 120 valence electrons. The molecule has 0 aliphatic carbocycles. The zero-order valence-electron chi connectivity index (χ0n) is 13.3. The Balaban J connectivity index is 3.57. The van der Waals surface area contributed by atoms with Crippen molar-refractivity contribution in [1.29, 1.82) is 0 Å². The van der Waals surface area contributed by atoms with Crippen LogP contribution in [0.15, 0.2) is 10.9 Å². The summed E-state index contributed by atoms with van der Waals surface area (Å²) in [4.78, 5) is 13.9. The third kappa shape index (κ3) is 3.64. The van der Waals surface area contributed by atoms with Gasteiger partial charge in [0, 0.05) is 18.3 Å². The summed E-state index contributed by atoms with van der Waals surface area (Å²) in [6.07, 6.45) is 0. The van der Waals surface area contributed by atoms with Gasteiger partial charge in [-0.25, -0.2) is 0 Å². The molecular formula is C15H26N2O4. The van der Waals surface area contributed by atoms with Crippen molar-refractivity contribution < 1.29 is 15.3 Å². The van der Waals surface area contributed by atoms with Crippen molar-refractivity contribution >= 4 is 0 Å². The molecule has 0 saturated carbocycles. The molecule has 3 N–H and O–H groups in total. The molecule has 0 aromatic carbocycles. The predicted molar refractivity (Wildman–Crippen MR) is 81.3 cm³/mol. The van der Waals surface area contributed by atoms with E-state index in [-0.39, 0.29) is 19.0 Å².